The number of hydrogen-bond acceptors (Lipinski definition) is 3. The fourth-order valence-electron chi connectivity index (χ4n) is 6.58. The van der Waals surface area contributed by atoms with E-state index in [1.807, 2.05) is 6.92 Å². The summed E-state index contributed by atoms with van der Waals surface area (Å²) >= 11 is 0. The molecule has 4 aliphatic rings. The highest BCUT2D eigenvalue weighted by atomic mass is 16.3. The van der Waals surface area contributed by atoms with Gasteiger partial charge in [0.25, 0.3) is 0 Å². The summed E-state index contributed by atoms with van der Waals surface area (Å²) in [7, 11) is 0. The van der Waals surface area contributed by atoms with Gasteiger partial charge in [0.2, 0.25) is 0 Å². The molecule has 0 amide bonds. The van der Waals surface area contributed by atoms with Crippen molar-refractivity contribution < 1.29 is 15.0 Å². The molecule has 4 aliphatic carbocycles. The van der Waals surface area contributed by atoms with Crippen molar-refractivity contribution in [3.63, 3.8) is 0 Å². The third-order valence-electron chi connectivity index (χ3n) is 8.08. The maximum Gasteiger partial charge on any atom is 0.182 e. The van der Waals surface area contributed by atoms with Gasteiger partial charge in [-0.05, 0) is 75.9 Å². The Balaban J connectivity index is 1.83. The molecule has 0 aromatic carbocycles. The summed E-state index contributed by atoms with van der Waals surface area (Å²) in [5.74, 6) is 7.00. The summed E-state index contributed by atoms with van der Waals surface area (Å²) in [6, 6.07) is 0. The van der Waals surface area contributed by atoms with Gasteiger partial charge in [0, 0.05) is 11.5 Å². The highest BCUT2D eigenvalue weighted by molar-refractivity contribution is 6.02. The molecule has 0 unspecified atom stereocenters. The first kappa shape index (κ1) is 17.6. The monoisotopic (exact) mass is 352 g/mol. The predicted octanol–water partition coefficient (Wildman–Crippen LogP) is 4.10. The molecule has 6 atom stereocenters. The molecule has 3 heteroatoms. The highest BCUT2D eigenvalue weighted by Crippen LogP contribution is 2.67. The van der Waals surface area contributed by atoms with Crippen molar-refractivity contribution in [1.29, 1.82) is 0 Å². The van der Waals surface area contributed by atoms with Crippen molar-refractivity contribution in [3.05, 3.63) is 35.1 Å². The molecule has 2 saturated carbocycles. The first-order valence-electron chi connectivity index (χ1n) is 9.70. The molecule has 0 radical (unpaired) electrons. The Morgan fingerprint density at radius 1 is 1.15 bits per heavy atom. The van der Waals surface area contributed by atoms with E-state index in [9.17, 15) is 15.0 Å². The minimum atomic E-state index is -0.920. The summed E-state index contributed by atoms with van der Waals surface area (Å²) in [4.78, 5) is 12.0. The summed E-state index contributed by atoms with van der Waals surface area (Å²) in [5, 5.41) is 22.1. The normalized spacial score (nSPS) is 46.7. The number of aliphatic hydroxyl groups is 2. The largest absolute Gasteiger partial charge is 0.511 e. The van der Waals surface area contributed by atoms with E-state index in [0.717, 1.165) is 30.4 Å². The van der Waals surface area contributed by atoms with E-state index in [-0.39, 0.29) is 28.8 Å². The number of rotatable bonds is 0. The lowest BCUT2D eigenvalue weighted by atomic mass is 9.48. The van der Waals surface area contributed by atoms with Crippen LogP contribution in [0, 0.1) is 40.4 Å². The molecule has 0 aliphatic heterocycles. The van der Waals surface area contributed by atoms with Gasteiger partial charge in [0.15, 0.2) is 5.78 Å². The van der Waals surface area contributed by atoms with Crippen LogP contribution in [-0.4, -0.2) is 21.6 Å². The number of aliphatic hydroxyl groups excluding tert-OH is 1. The third-order valence-corrected chi connectivity index (χ3v) is 8.08. The first-order valence-corrected chi connectivity index (χ1v) is 9.70. The van der Waals surface area contributed by atoms with Gasteiger partial charge < -0.3 is 10.2 Å². The predicted molar refractivity (Wildman–Crippen MR) is 101 cm³/mol. The molecule has 3 nitrogen and oxygen atoms in total. The van der Waals surface area contributed by atoms with Crippen LogP contribution in [-0.2, 0) is 4.79 Å². The van der Waals surface area contributed by atoms with Gasteiger partial charge in [-0.2, -0.15) is 0 Å². The zero-order chi connectivity index (χ0) is 18.9. The number of hydrogen-bond donors (Lipinski definition) is 2. The SMILES string of the molecule is CC#C[C@]1(O)CC[C@H]2[C@@H]3C=C(C)C4=CC(=O)C=C(O)[C@]4(C)[C@H]3CC[C@@]21C. The molecule has 2 N–H and O–H groups in total. The average molecular weight is 352 g/mol. The fourth-order valence-corrected chi connectivity index (χ4v) is 6.58. The number of carbonyl (C=O) groups excluding carboxylic acids is 1. The fraction of sp³-hybridized carbons (Fsp3) is 0.609. The molecule has 0 saturated heterocycles. The van der Waals surface area contributed by atoms with Crippen LogP contribution in [0.3, 0.4) is 0 Å². The van der Waals surface area contributed by atoms with Crippen molar-refractivity contribution in [1.82, 2.24) is 0 Å². The zero-order valence-electron chi connectivity index (χ0n) is 16.1. The van der Waals surface area contributed by atoms with Gasteiger partial charge in [-0.25, -0.2) is 0 Å². The molecule has 0 heterocycles. The van der Waals surface area contributed by atoms with Gasteiger partial charge in [-0.15, -0.1) is 5.92 Å². The Morgan fingerprint density at radius 3 is 2.54 bits per heavy atom. The molecule has 138 valence electrons. The quantitative estimate of drug-likeness (QED) is 0.645. The Hall–Kier alpha value is -1.79. The average Bonchev–Trinajstić information content (AvgIpc) is 2.82. The third kappa shape index (κ3) is 1.97. The molecule has 0 aromatic heterocycles. The van der Waals surface area contributed by atoms with Crippen LogP contribution in [0.15, 0.2) is 35.1 Å². The molecule has 0 aromatic rings. The molecule has 0 spiro atoms. The van der Waals surface area contributed by atoms with Crippen molar-refractivity contribution in [2.24, 2.45) is 28.6 Å². The molecule has 2 fully saturated rings. The maximum absolute atomic E-state index is 12.0. The smallest absolute Gasteiger partial charge is 0.182 e. The Morgan fingerprint density at radius 2 is 1.85 bits per heavy atom. The lowest BCUT2D eigenvalue weighted by Gasteiger charge is -2.56. The highest BCUT2D eigenvalue weighted by Gasteiger charge is 2.64. The molecular weight excluding hydrogens is 324 g/mol. The minimum absolute atomic E-state index is 0.129. The van der Waals surface area contributed by atoms with E-state index < -0.39 is 11.0 Å². The van der Waals surface area contributed by atoms with Crippen molar-refractivity contribution >= 4 is 5.78 Å². The summed E-state index contributed by atoms with van der Waals surface area (Å²) in [5.41, 5.74) is 0.402. The lowest BCUT2D eigenvalue weighted by Crippen LogP contribution is -2.54. The van der Waals surface area contributed by atoms with Crippen molar-refractivity contribution in [3.8, 4) is 11.8 Å². The van der Waals surface area contributed by atoms with Crippen LogP contribution >= 0.6 is 0 Å². The van der Waals surface area contributed by atoms with Gasteiger partial charge in [-0.1, -0.05) is 24.5 Å². The zero-order valence-corrected chi connectivity index (χ0v) is 16.1. The Bertz CT molecular complexity index is 835. The van der Waals surface area contributed by atoms with Gasteiger partial charge in [-0.3, -0.25) is 4.79 Å². The number of carbonyl (C=O) groups is 1. The second-order valence-corrected chi connectivity index (χ2v) is 9.06. The van der Waals surface area contributed by atoms with Crippen LogP contribution in [0.2, 0.25) is 0 Å². The van der Waals surface area contributed by atoms with Gasteiger partial charge in [0.1, 0.15) is 11.4 Å². The number of allylic oxidation sites excluding steroid dienone is 5. The lowest BCUT2D eigenvalue weighted by molar-refractivity contribution is -0.111. The second kappa shape index (κ2) is 5.36. The second-order valence-electron chi connectivity index (χ2n) is 9.06. The van der Waals surface area contributed by atoms with Gasteiger partial charge in [0.05, 0.1) is 5.41 Å². The van der Waals surface area contributed by atoms with E-state index in [2.05, 4.69) is 31.8 Å². The van der Waals surface area contributed by atoms with Crippen molar-refractivity contribution in [2.75, 3.05) is 0 Å². The van der Waals surface area contributed by atoms with Crippen LogP contribution in [0.1, 0.15) is 53.4 Å². The molecule has 26 heavy (non-hydrogen) atoms. The molecule has 4 rings (SSSR count). The van der Waals surface area contributed by atoms with Crippen LogP contribution in [0.25, 0.3) is 0 Å². The van der Waals surface area contributed by atoms with E-state index in [0.29, 0.717) is 12.3 Å². The number of fused-ring (bicyclic) bond motifs is 5. The molecular formula is C23H28O3. The number of ketones is 1. The van der Waals surface area contributed by atoms with Crippen molar-refractivity contribution in [2.45, 2.75) is 59.0 Å². The summed E-state index contributed by atoms with van der Waals surface area (Å²) in [6.45, 7) is 8.12. The van der Waals surface area contributed by atoms with Crippen LogP contribution in [0.5, 0.6) is 0 Å². The Kier molecular flexibility index (Phi) is 3.63. The van der Waals surface area contributed by atoms with E-state index >= 15 is 0 Å². The van der Waals surface area contributed by atoms with Crippen LogP contribution in [0.4, 0.5) is 0 Å². The standard InChI is InChI=1S/C23H28O3/c1-5-8-23(26)10-7-17-16-11-14(2)19-12-15(24)13-20(25)22(19,4)18(16)6-9-21(17,23)3/h11-13,16-18,25-26H,6-7,9-10H2,1-4H3/t16-,17-,18-,21-,22+,23-/m0/s1. The van der Waals surface area contributed by atoms with E-state index in [1.54, 1.807) is 13.0 Å². The molecule has 0 bridgehead atoms. The topological polar surface area (TPSA) is 57.5 Å². The van der Waals surface area contributed by atoms with E-state index in [4.69, 9.17) is 0 Å². The summed E-state index contributed by atoms with van der Waals surface area (Å²) in [6.07, 6.45) is 8.85. The minimum Gasteiger partial charge on any atom is -0.511 e. The maximum atomic E-state index is 12.0. The van der Waals surface area contributed by atoms with Crippen LogP contribution < -0.4 is 0 Å². The Labute approximate surface area is 155 Å². The van der Waals surface area contributed by atoms with E-state index in [1.165, 1.54) is 6.08 Å². The van der Waals surface area contributed by atoms with Gasteiger partial charge >= 0.3 is 0 Å². The first-order chi connectivity index (χ1) is 12.2. The summed E-state index contributed by atoms with van der Waals surface area (Å²) < 4.78 is 0.